The van der Waals surface area contributed by atoms with Crippen molar-refractivity contribution in [3.05, 3.63) is 28.8 Å². The van der Waals surface area contributed by atoms with Gasteiger partial charge in [0.25, 0.3) is 0 Å². The normalized spacial score (nSPS) is 17.9. The second kappa shape index (κ2) is 6.44. The second-order valence-corrected chi connectivity index (χ2v) is 5.47. The van der Waals surface area contributed by atoms with Gasteiger partial charge in [-0.05, 0) is 36.2 Å². The van der Waals surface area contributed by atoms with E-state index in [0.29, 0.717) is 0 Å². The highest BCUT2D eigenvalue weighted by atomic mass is 35.5. The molecule has 0 amide bonds. The molecule has 0 radical (unpaired) electrons. The monoisotopic (exact) mass is 267 g/mol. The standard InChI is InChI=1S/C15H22ClNO/c1-3-11(4-2)9-17-10-14-8-12-7-13(16)5-6-15(12)18-14/h5-7,11,14,17H,3-4,8-10H2,1-2H3. The van der Waals surface area contributed by atoms with Crippen LogP contribution in [0.5, 0.6) is 5.75 Å². The van der Waals surface area contributed by atoms with Crippen LogP contribution in [0.1, 0.15) is 32.3 Å². The smallest absolute Gasteiger partial charge is 0.123 e. The zero-order chi connectivity index (χ0) is 13.0. The fourth-order valence-electron chi connectivity index (χ4n) is 2.43. The summed E-state index contributed by atoms with van der Waals surface area (Å²) in [4.78, 5) is 0. The van der Waals surface area contributed by atoms with Crippen molar-refractivity contribution in [3.8, 4) is 5.75 Å². The third kappa shape index (κ3) is 3.39. The summed E-state index contributed by atoms with van der Waals surface area (Å²) in [5.41, 5.74) is 1.23. The Kier molecular flexibility index (Phi) is 4.90. The van der Waals surface area contributed by atoms with Crippen molar-refractivity contribution in [2.75, 3.05) is 13.1 Å². The summed E-state index contributed by atoms with van der Waals surface area (Å²) in [6, 6.07) is 5.87. The first kappa shape index (κ1) is 13.7. The van der Waals surface area contributed by atoms with Crippen molar-refractivity contribution in [2.45, 2.75) is 39.2 Å². The Bertz CT molecular complexity index is 390. The number of ether oxygens (including phenoxy) is 1. The van der Waals surface area contributed by atoms with E-state index < -0.39 is 0 Å². The summed E-state index contributed by atoms with van der Waals surface area (Å²) in [5, 5.41) is 4.32. The van der Waals surface area contributed by atoms with Crippen LogP contribution in [0, 0.1) is 5.92 Å². The first-order valence-electron chi connectivity index (χ1n) is 6.88. The Morgan fingerprint density at radius 1 is 1.39 bits per heavy atom. The van der Waals surface area contributed by atoms with E-state index in [1.54, 1.807) is 0 Å². The van der Waals surface area contributed by atoms with Crippen molar-refractivity contribution < 1.29 is 4.74 Å². The average Bonchev–Trinajstić information content (AvgIpc) is 2.76. The molecule has 1 aliphatic heterocycles. The van der Waals surface area contributed by atoms with Crippen molar-refractivity contribution in [2.24, 2.45) is 5.92 Å². The summed E-state index contributed by atoms with van der Waals surface area (Å²) in [7, 11) is 0. The predicted octanol–water partition coefficient (Wildman–Crippen LogP) is 3.67. The number of hydrogen-bond acceptors (Lipinski definition) is 2. The number of hydrogen-bond donors (Lipinski definition) is 1. The molecule has 2 nitrogen and oxygen atoms in total. The van der Waals surface area contributed by atoms with Crippen molar-refractivity contribution in [1.29, 1.82) is 0 Å². The van der Waals surface area contributed by atoms with Crippen molar-refractivity contribution in [3.63, 3.8) is 0 Å². The van der Waals surface area contributed by atoms with E-state index in [-0.39, 0.29) is 6.10 Å². The van der Waals surface area contributed by atoms with Gasteiger partial charge in [-0.1, -0.05) is 38.3 Å². The van der Waals surface area contributed by atoms with Gasteiger partial charge < -0.3 is 10.1 Å². The lowest BCUT2D eigenvalue weighted by molar-refractivity contribution is 0.224. The highest BCUT2D eigenvalue weighted by Gasteiger charge is 2.22. The summed E-state index contributed by atoms with van der Waals surface area (Å²) < 4.78 is 5.89. The fraction of sp³-hybridized carbons (Fsp3) is 0.600. The van der Waals surface area contributed by atoms with Crippen LogP contribution < -0.4 is 10.1 Å². The first-order valence-corrected chi connectivity index (χ1v) is 7.26. The highest BCUT2D eigenvalue weighted by Crippen LogP contribution is 2.30. The van der Waals surface area contributed by atoms with Gasteiger partial charge >= 0.3 is 0 Å². The predicted molar refractivity (Wildman–Crippen MR) is 76.5 cm³/mol. The van der Waals surface area contributed by atoms with Gasteiger partial charge in [-0.25, -0.2) is 0 Å². The molecule has 0 bridgehead atoms. The molecular formula is C15H22ClNO. The minimum Gasteiger partial charge on any atom is -0.488 e. The molecule has 1 atom stereocenters. The molecule has 1 aromatic rings. The van der Waals surface area contributed by atoms with Crippen LogP contribution in [-0.2, 0) is 6.42 Å². The van der Waals surface area contributed by atoms with Crippen LogP contribution >= 0.6 is 11.6 Å². The van der Waals surface area contributed by atoms with Gasteiger partial charge in [0.05, 0.1) is 0 Å². The van der Waals surface area contributed by atoms with Crippen LogP contribution in [-0.4, -0.2) is 19.2 Å². The Balaban J connectivity index is 1.78. The maximum absolute atomic E-state index is 5.98. The van der Waals surface area contributed by atoms with E-state index in [9.17, 15) is 0 Å². The maximum atomic E-state index is 5.98. The van der Waals surface area contributed by atoms with Gasteiger partial charge in [-0.3, -0.25) is 0 Å². The van der Waals surface area contributed by atoms with E-state index in [4.69, 9.17) is 16.3 Å². The number of halogens is 1. The quantitative estimate of drug-likeness (QED) is 0.849. The molecule has 18 heavy (non-hydrogen) atoms. The molecular weight excluding hydrogens is 246 g/mol. The molecule has 0 aromatic heterocycles. The van der Waals surface area contributed by atoms with E-state index in [2.05, 4.69) is 19.2 Å². The van der Waals surface area contributed by atoms with Crippen LogP contribution in [0.2, 0.25) is 5.02 Å². The summed E-state index contributed by atoms with van der Waals surface area (Å²) in [6.45, 7) is 6.51. The highest BCUT2D eigenvalue weighted by molar-refractivity contribution is 6.30. The molecule has 1 unspecified atom stereocenters. The van der Waals surface area contributed by atoms with E-state index in [1.165, 1.54) is 18.4 Å². The SMILES string of the molecule is CCC(CC)CNCC1Cc2cc(Cl)ccc2O1. The molecule has 0 fully saturated rings. The minimum atomic E-state index is 0.257. The topological polar surface area (TPSA) is 21.3 Å². The fourth-order valence-corrected chi connectivity index (χ4v) is 2.62. The number of rotatable bonds is 6. The van der Waals surface area contributed by atoms with Gasteiger partial charge in [0.15, 0.2) is 0 Å². The van der Waals surface area contributed by atoms with E-state index >= 15 is 0 Å². The largest absolute Gasteiger partial charge is 0.488 e. The molecule has 1 aromatic carbocycles. The maximum Gasteiger partial charge on any atom is 0.123 e. The Morgan fingerprint density at radius 2 is 2.17 bits per heavy atom. The van der Waals surface area contributed by atoms with Gasteiger partial charge in [-0.2, -0.15) is 0 Å². The summed E-state index contributed by atoms with van der Waals surface area (Å²) in [5.74, 6) is 1.77. The molecule has 0 saturated heterocycles. The van der Waals surface area contributed by atoms with Crippen LogP contribution in [0.3, 0.4) is 0 Å². The second-order valence-electron chi connectivity index (χ2n) is 5.04. The van der Waals surface area contributed by atoms with Gasteiger partial charge in [0, 0.05) is 18.0 Å². The average molecular weight is 268 g/mol. The lowest BCUT2D eigenvalue weighted by Gasteiger charge is -2.16. The Labute approximate surface area is 115 Å². The minimum absolute atomic E-state index is 0.257. The van der Waals surface area contributed by atoms with Crippen LogP contribution in [0.4, 0.5) is 0 Å². The van der Waals surface area contributed by atoms with Crippen molar-refractivity contribution >= 4 is 11.6 Å². The van der Waals surface area contributed by atoms with Gasteiger partial charge in [0.1, 0.15) is 11.9 Å². The molecule has 0 spiro atoms. The number of fused-ring (bicyclic) bond motifs is 1. The molecule has 1 N–H and O–H groups in total. The molecule has 1 heterocycles. The molecule has 0 aliphatic carbocycles. The molecule has 100 valence electrons. The number of benzene rings is 1. The van der Waals surface area contributed by atoms with Gasteiger partial charge in [-0.15, -0.1) is 0 Å². The van der Waals surface area contributed by atoms with E-state index in [0.717, 1.165) is 36.2 Å². The summed E-state index contributed by atoms with van der Waals surface area (Å²) in [6.07, 6.45) is 3.70. The third-order valence-corrected chi connectivity index (χ3v) is 3.96. The zero-order valence-electron chi connectivity index (χ0n) is 11.2. The number of nitrogens with one attached hydrogen (secondary N) is 1. The van der Waals surface area contributed by atoms with Gasteiger partial charge in [0.2, 0.25) is 0 Å². The van der Waals surface area contributed by atoms with Crippen molar-refractivity contribution in [1.82, 2.24) is 5.32 Å². The Morgan fingerprint density at radius 3 is 2.89 bits per heavy atom. The lowest BCUT2D eigenvalue weighted by atomic mass is 10.0. The first-order chi connectivity index (χ1) is 8.72. The lowest BCUT2D eigenvalue weighted by Crippen LogP contribution is -2.33. The zero-order valence-corrected chi connectivity index (χ0v) is 12.0. The summed E-state index contributed by atoms with van der Waals surface area (Å²) >= 11 is 5.98. The molecule has 1 aliphatic rings. The van der Waals surface area contributed by atoms with E-state index in [1.807, 2.05) is 18.2 Å². The Hall–Kier alpha value is -0.730. The van der Waals surface area contributed by atoms with Crippen LogP contribution in [0.25, 0.3) is 0 Å². The molecule has 3 heteroatoms. The molecule has 2 rings (SSSR count). The third-order valence-electron chi connectivity index (χ3n) is 3.72. The molecule has 0 saturated carbocycles. The van der Waals surface area contributed by atoms with Crippen LogP contribution in [0.15, 0.2) is 18.2 Å².